The molecule has 0 bridgehead atoms. The van der Waals surface area contributed by atoms with Gasteiger partial charge in [-0.2, -0.15) is 9.78 Å². The lowest BCUT2D eigenvalue weighted by Crippen LogP contribution is -2.28. The van der Waals surface area contributed by atoms with Gasteiger partial charge in [0.25, 0.3) is 5.91 Å². The fourth-order valence-electron chi connectivity index (χ4n) is 2.75. The number of thiazole rings is 1. The molecule has 2 aromatic heterocycles. The van der Waals surface area contributed by atoms with Crippen molar-refractivity contribution < 1.29 is 4.79 Å². The third kappa shape index (κ3) is 3.43. The first-order valence-corrected chi connectivity index (χ1v) is 9.28. The van der Waals surface area contributed by atoms with Gasteiger partial charge in [0.05, 0.1) is 6.04 Å². The summed E-state index contributed by atoms with van der Waals surface area (Å²) in [6.45, 7) is 1.87. The average Bonchev–Trinajstić information content (AvgIpc) is 3.09. The van der Waals surface area contributed by atoms with Crippen LogP contribution >= 0.6 is 22.9 Å². The van der Waals surface area contributed by atoms with Crippen molar-refractivity contribution in [1.82, 2.24) is 25.1 Å². The Kier molecular flexibility index (Phi) is 4.27. The molecule has 8 heteroatoms. The number of halogens is 1. The fraction of sp³-hybridized carbons (Fsp3) is 0.294. The molecule has 1 aliphatic carbocycles. The van der Waals surface area contributed by atoms with Crippen molar-refractivity contribution in [2.45, 2.75) is 31.7 Å². The summed E-state index contributed by atoms with van der Waals surface area (Å²) in [5.41, 5.74) is 1.71. The number of nitrogens with one attached hydrogen (secondary N) is 1. The highest BCUT2D eigenvalue weighted by Crippen LogP contribution is 2.41. The number of carbonyl (C=O) groups is 1. The molecule has 3 aromatic rings. The monoisotopic (exact) mass is 373 g/mol. The molecule has 0 saturated heterocycles. The second-order valence-electron chi connectivity index (χ2n) is 6.09. The molecular weight excluding hydrogens is 358 g/mol. The number of benzene rings is 1. The Hall–Kier alpha value is -2.25. The molecule has 0 aliphatic heterocycles. The van der Waals surface area contributed by atoms with Crippen molar-refractivity contribution in [3.05, 3.63) is 58.1 Å². The summed E-state index contributed by atoms with van der Waals surface area (Å²) < 4.78 is 1.64. The molecule has 128 valence electrons. The van der Waals surface area contributed by atoms with Crippen LogP contribution in [0, 0.1) is 0 Å². The van der Waals surface area contributed by atoms with E-state index in [1.54, 1.807) is 16.9 Å². The smallest absolute Gasteiger partial charge is 0.251 e. The molecule has 4 rings (SSSR count). The molecule has 6 nitrogen and oxygen atoms in total. The summed E-state index contributed by atoms with van der Waals surface area (Å²) in [7, 11) is 0. The van der Waals surface area contributed by atoms with Crippen LogP contribution in [0.15, 0.2) is 36.1 Å². The summed E-state index contributed by atoms with van der Waals surface area (Å²) in [6.07, 6.45) is 5.49. The van der Waals surface area contributed by atoms with E-state index in [9.17, 15) is 4.79 Å². The van der Waals surface area contributed by atoms with Gasteiger partial charge in [0.15, 0.2) is 5.82 Å². The summed E-state index contributed by atoms with van der Waals surface area (Å²) in [5.74, 6) is 0.994. The topological polar surface area (TPSA) is 72.7 Å². The summed E-state index contributed by atoms with van der Waals surface area (Å²) >= 11 is 7.64. The fourth-order valence-corrected chi connectivity index (χ4v) is 3.60. The normalized spacial score (nSPS) is 15.1. The summed E-state index contributed by atoms with van der Waals surface area (Å²) in [5, 5.41) is 10.3. The molecular formula is C17H16ClN5OS. The second-order valence-corrected chi connectivity index (χ2v) is 7.40. The second kappa shape index (κ2) is 6.57. The Morgan fingerprint density at radius 2 is 2.20 bits per heavy atom. The van der Waals surface area contributed by atoms with Gasteiger partial charge in [-0.15, -0.1) is 11.3 Å². The van der Waals surface area contributed by atoms with Gasteiger partial charge in [0.1, 0.15) is 6.33 Å². The summed E-state index contributed by atoms with van der Waals surface area (Å²) in [4.78, 5) is 21.2. The number of aromatic nitrogens is 4. The van der Waals surface area contributed by atoms with Gasteiger partial charge in [-0.3, -0.25) is 4.79 Å². The predicted molar refractivity (Wildman–Crippen MR) is 96.3 cm³/mol. The number of hydrogen-bond donors (Lipinski definition) is 1. The van der Waals surface area contributed by atoms with Crippen molar-refractivity contribution in [3.8, 4) is 5.13 Å². The standard InChI is InChI=1S/C17H16ClN5OS/c1-10(15-20-9-21-23(15)17-19-4-5-25-17)22-16(24)13-6-12(11-2-3-11)7-14(18)8-13/h4-11H,2-3H2,1H3,(H,22,24)/t10-/m1/s1. The van der Waals surface area contributed by atoms with Gasteiger partial charge in [0.2, 0.25) is 5.13 Å². The number of nitrogens with zero attached hydrogens (tertiary/aromatic N) is 4. The van der Waals surface area contributed by atoms with Gasteiger partial charge in [-0.25, -0.2) is 9.97 Å². The molecule has 1 aliphatic rings. The predicted octanol–water partition coefficient (Wildman–Crippen LogP) is 3.75. The van der Waals surface area contributed by atoms with E-state index >= 15 is 0 Å². The van der Waals surface area contributed by atoms with E-state index in [4.69, 9.17) is 11.6 Å². The Morgan fingerprint density at radius 3 is 2.92 bits per heavy atom. The number of rotatable bonds is 5. The lowest BCUT2D eigenvalue weighted by molar-refractivity contribution is 0.0938. The Bertz CT molecular complexity index is 904. The van der Waals surface area contributed by atoms with E-state index in [-0.39, 0.29) is 11.9 Å². The Morgan fingerprint density at radius 1 is 1.36 bits per heavy atom. The molecule has 25 heavy (non-hydrogen) atoms. The zero-order chi connectivity index (χ0) is 17.4. The van der Waals surface area contributed by atoms with Crippen molar-refractivity contribution >= 4 is 28.8 Å². The molecule has 2 heterocycles. The number of amides is 1. The minimum atomic E-state index is -0.317. The van der Waals surface area contributed by atoms with Crippen molar-refractivity contribution in [2.24, 2.45) is 0 Å². The van der Waals surface area contributed by atoms with E-state index in [1.807, 2.05) is 24.4 Å². The zero-order valence-electron chi connectivity index (χ0n) is 13.5. The molecule has 1 aromatic carbocycles. The van der Waals surface area contributed by atoms with Gasteiger partial charge >= 0.3 is 0 Å². The average molecular weight is 374 g/mol. The quantitative estimate of drug-likeness (QED) is 0.739. The third-order valence-electron chi connectivity index (χ3n) is 4.14. The van der Waals surface area contributed by atoms with E-state index in [0.717, 1.165) is 18.4 Å². The van der Waals surface area contributed by atoms with Crippen molar-refractivity contribution in [2.75, 3.05) is 0 Å². The molecule has 1 N–H and O–H groups in total. The van der Waals surface area contributed by atoms with Crippen molar-refractivity contribution in [1.29, 1.82) is 0 Å². The van der Waals surface area contributed by atoms with Crippen LogP contribution in [0.3, 0.4) is 0 Å². The first-order chi connectivity index (χ1) is 12.1. The van der Waals surface area contributed by atoms with Crippen LogP contribution in [0.2, 0.25) is 5.02 Å². The molecule has 0 unspecified atom stereocenters. The van der Waals surface area contributed by atoms with Crippen LogP contribution in [0.4, 0.5) is 0 Å². The van der Waals surface area contributed by atoms with Crippen molar-refractivity contribution in [3.63, 3.8) is 0 Å². The number of carbonyl (C=O) groups excluding carboxylic acids is 1. The first kappa shape index (κ1) is 16.2. The zero-order valence-corrected chi connectivity index (χ0v) is 15.1. The van der Waals surface area contributed by atoms with E-state index in [0.29, 0.717) is 27.5 Å². The van der Waals surface area contributed by atoms with Crippen LogP contribution in [-0.4, -0.2) is 25.7 Å². The van der Waals surface area contributed by atoms with Gasteiger partial charge in [-0.1, -0.05) is 11.6 Å². The third-order valence-corrected chi connectivity index (χ3v) is 5.11. The summed E-state index contributed by atoms with van der Waals surface area (Å²) in [6, 6.07) is 5.25. The SMILES string of the molecule is C[C@@H](NC(=O)c1cc(Cl)cc(C2CC2)c1)c1ncnn1-c1nccs1. The van der Waals surface area contributed by atoms with E-state index in [2.05, 4.69) is 20.4 Å². The molecule has 1 amide bonds. The van der Waals surface area contributed by atoms with Gasteiger partial charge in [-0.05, 0) is 49.4 Å². The largest absolute Gasteiger partial charge is 0.342 e. The number of hydrogen-bond acceptors (Lipinski definition) is 5. The molecule has 1 fully saturated rings. The van der Waals surface area contributed by atoms with Crippen LogP contribution in [0.25, 0.3) is 5.13 Å². The van der Waals surface area contributed by atoms with E-state index in [1.165, 1.54) is 17.7 Å². The van der Waals surface area contributed by atoms with Crippen LogP contribution in [-0.2, 0) is 0 Å². The maximum absolute atomic E-state index is 12.7. The maximum atomic E-state index is 12.7. The van der Waals surface area contributed by atoms with Crippen LogP contribution in [0.5, 0.6) is 0 Å². The Labute approximate surface area is 153 Å². The molecule has 1 atom stereocenters. The minimum absolute atomic E-state index is 0.175. The van der Waals surface area contributed by atoms with E-state index < -0.39 is 0 Å². The lowest BCUT2D eigenvalue weighted by atomic mass is 10.1. The van der Waals surface area contributed by atoms with Crippen LogP contribution in [0.1, 0.15) is 53.5 Å². The van der Waals surface area contributed by atoms with Crippen LogP contribution < -0.4 is 5.32 Å². The highest BCUT2D eigenvalue weighted by atomic mass is 35.5. The highest BCUT2D eigenvalue weighted by Gasteiger charge is 2.25. The lowest BCUT2D eigenvalue weighted by Gasteiger charge is -2.14. The molecule has 0 spiro atoms. The molecule has 1 saturated carbocycles. The minimum Gasteiger partial charge on any atom is -0.342 e. The Balaban J connectivity index is 1.54. The van der Waals surface area contributed by atoms with Gasteiger partial charge < -0.3 is 5.32 Å². The highest BCUT2D eigenvalue weighted by molar-refractivity contribution is 7.12. The molecule has 0 radical (unpaired) electrons. The first-order valence-electron chi connectivity index (χ1n) is 8.03. The maximum Gasteiger partial charge on any atom is 0.251 e. The van der Waals surface area contributed by atoms with Gasteiger partial charge in [0, 0.05) is 22.2 Å².